The largest absolute Gasteiger partial charge is 0.299 e. The molecule has 2 aromatic carbocycles. The van der Waals surface area contributed by atoms with Crippen molar-refractivity contribution in [1.82, 2.24) is 20.4 Å². The Morgan fingerprint density at radius 1 is 0.774 bits per heavy atom. The molecule has 0 saturated carbocycles. The van der Waals surface area contributed by atoms with Crippen molar-refractivity contribution in [2.24, 2.45) is 0 Å². The summed E-state index contributed by atoms with van der Waals surface area (Å²) in [7, 11) is 0. The van der Waals surface area contributed by atoms with Crippen molar-refractivity contribution in [2.45, 2.75) is 25.2 Å². The van der Waals surface area contributed by atoms with Crippen molar-refractivity contribution in [2.75, 3.05) is 0 Å². The van der Waals surface area contributed by atoms with E-state index in [-0.39, 0.29) is 11.7 Å². The molecule has 0 amide bonds. The van der Waals surface area contributed by atoms with Gasteiger partial charge >= 0.3 is 0 Å². The van der Waals surface area contributed by atoms with Gasteiger partial charge in [0, 0.05) is 35.9 Å². The zero-order chi connectivity index (χ0) is 21.5. The summed E-state index contributed by atoms with van der Waals surface area (Å²) >= 11 is 0. The van der Waals surface area contributed by atoms with E-state index in [0.717, 1.165) is 33.6 Å². The number of ketones is 1. The van der Waals surface area contributed by atoms with E-state index < -0.39 is 0 Å². The fourth-order valence-electron chi connectivity index (χ4n) is 3.59. The van der Waals surface area contributed by atoms with Crippen LogP contribution in [-0.2, 0) is 11.2 Å². The Morgan fingerprint density at radius 2 is 1.32 bits per heavy atom. The maximum atomic E-state index is 12.9. The number of hydrogen-bond donors (Lipinski definition) is 0. The van der Waals surface area contributed by atoms with Crippen LogP contribution in [0, 0.1) is 6.92 Å². The molecule has 0 spiro atoms. The molecular formula is C26H23N4O. The van der Waals surface area contributed by atoms with Crippen LogP contribution in [0.25, 0.3) is 22.5 Å². The van der Waals surface area contributed by atoms with Crippen molar-refractivity contribution in [3.05, 3.63) is 103 Å². The smallest absolute Gasteiger partial charge is 0.140 e. The van der Waals surface area contributed by atoms with Gasteiger partial charge in [-0.15, -0.1) is 0 Å². The van der Waals surface area contributed by atoms with Gasteiger partial charge in [-0.05, 0) is 48.2 Å². The number of carbonyl (C=O) groups is 1. The summed E-state index contributed by atoms with van der Waals surface area (Å²) in [5.74, 6) is 0.00929. The molecule has 2 heterocycles. The van der Waals surface area contributed by atoms with Gasteiger partial charge < -0.3 is 0 Å². The van der Waals surface area contributed by atoms with Crippen LogP contribution >= 0.6 is 0 Å². The lowest BCUT2D eigenvalue weighted by molar-refractivity contribution is -0.120. The number of Topliss-reactive ketones (excluding diaryl/α,β-unsaturated/α-hetero) is 1. The van der Waals surface area contributed by atoms with Crippen molar-refractivity contribution >= 4 is 5.78 Å². The highest BCUT2D eigenvalue weighted by Crippen LogP contribution is 2.26. The average molecular weight is 407 g/mol. The van der Waals surface area contributed by atoms with E-state index in [1.807, 2.05) is 72.8 Å². The van der Waals surface area contributed by atoms with Crippen LogP contribution in [0.4, 0.5) is 0 Å². The van der Waals surface area contributed by atoms with Gasteiger partial charge in [0.25, 0.3) is 0 Å². The SMILES string of the molecule is [CH2]CC(C(=O)CCc1ccc(-c2cccnn2)cc1)c1ccc(-c2cccnn2)cc1. The molecule has 0 aliphatic heterocycles. The topological polar surface area (TPSA) is 68.6 Å². The maximum absolute atomic E-state index is 12.9. The minimum absolute atomic E-state index is 0.199. The standard InChI is InChI=1S/C26H23N4O/c1-2-23(20-12-14-22(15-13-20)25-6-4-18-28-30-25)26(31)16-9-19-7-10-21(11-8-19)24-5-3-17-27-29-24/h3-8,10-15,17-18,23H,1-2,9,16H2. The number of aryl methyl sites for hydroxylation is 1. The highest BCUT2D eigenvalue weighted by molar-refractivity contribution is 5.86. The summed E-state index contributed by atoms with van der Waals surface area (Å²) in [4.78, 5) is 12.9. The summed E-state index contributed by atoms with van der Waals surface area (Å²) in [5.41, 5.74) is 5.77. The lowest BCUT2D eigenvalue weighted by Gasteiger charge is -2.15. The number of benzene rings is 2. The maximum Gasteiger partial charge on any atom is 0.140 e. The highest BCUT2D eigenvalue weighted by Gasteiger charge is 2.18. The first kappa shape index (κ1) is 20.5. The predicted octanol–water partition coefficient (Wildman–Crippen LogP) is 5.11. The zero-order valence-corrected chi connectivity index (χ0v) is 17.2. The molecule has 1 unspecified atom stereocenters. The molecule has 1 radical (unpaired) electrons. The van der Waals surface area contributed by atoms with Gasteiger partial charge in [0.05, 0.1) is 11.4 Å². The molecule has 1 atom stereocenters. The number of aromatic nitrogens is 4. The summed E-state index contributed by atoms with van der Waals surface area (Å²) < 4.78 is 0. The Labute approximate surface area is 182 Å². The molecule has 2 aromatic heterocycles. The molecule has 153 valence electrons. The molecular weight excluding hydrogens is 384 g/mol. The summed E-state index contributed by atoms with van der Waals surface area (Å²) in [5, 5.41) is 16.1. The van der Waals surface area contributed by atoms with E-state index in [2.05, 4.69) is 27.3 Å². The summed E-state index contributed by atoms with van der Waals surface area (Å²) in [6.45, 7) is 4.01. The third kappa shape index (κ3) is 5.07. The van der Waals surface area contributed by atoms with E-state index in [0.29, 0.717) is 19.3 Å². The Hall–Kier alpha value is -3.73. The van der Waals surface area contributed by atoms with E-state index in [4.69, 9.17) is 0 Å². The molecule has 0 fully saturated rings. The number of rotatable bonds is 8. The van der Waals surface area contributed by atoms with Crippen LogP contribution < -0.4 is 0 Å². The first-order valence-corrected chi connectivity index (χ1v) is 10.3. The van der Waals surface area contributed by atoms with E-state index in [9.17, 15) is 4.79 Å². The minimum Gasteiger partial charge on any atom is -0.299 e. The molecule has 0 N–H and O–H groups in total. The van der Waals surface area contributed by atoms with Crippen LogP contribution in [0.3, 0.4) is 0 Å². The van der Waals surface area contributed by atoms with Crippen LogP contribution in [0.2, 0.25) is 0 Å². The van der Waals surface area contributed by atoms with Gasteiger partial charge in [0.15, 0.2) is 0 Å². The third-order valence-corrected chi connectivity index (χ3v) is 5.34. The predicted molar refractivity (Wildman–Crippen MR) is 121 cm³/mol. The molecule has 4 rings (SSSR count). The normalized spacial score (nSPS) is 11.8. The van der Waals surface area contributed by atoms with E-state index in [1.165, 1.54) is 0 Å². The first-order chi connectivity index (χ1) is 15.2. The van der Waals surface area contributed by atoms with Crippen molar-refractivity contribution in [3.63, 3.8) is 0 Å². The van der Waals surface area contributed by atoms with Crippen molar-refractivity contribution in [3.8, 4) is 22.5 Å². The molecule has 0 bridgehead atoms. The fraction of sp³-hybridized carbons (Fsp3) is 0.154. The molecule has 31 heavy (non-hydrogen) atoms. The lowest BCUT2D eigenvalue weighted by atomic mass is 9.88. The Kier molecular flexibility index (Phi) is 6.53. The number of carbonyl (C=O) groups excluding carboxylic acids is 1. The van der Waals surface area contributed by atoms with Crippen LogP contribution in [0.5, 0.6) is 0 Å². The van der Waals surface area contributed by atoms with E-state index >= 15 is 0 Å². The second kappa shape index (κ2) is 9.85. The van der Waals surface area contributed by atoms with Gasteiger partial charge in [-0.3, -0.25) is 4.79 Å². The van der Waals surface area contributed by atoms with Gasteiger partial charge in [-0.25, -0.2) is 0 Å². The number of hydrogen-bond acceptors (Lipinski definition) is 5. The van der Waals surface area contributed by atoms with Gasteiger partial charge in [0.1, 0.15) is 5.78 Å². The summed E-state index contributed by atoms with van der Waals surface area (Å²) in [6.07, 6.45) is 5.03. The van der Waals surface area contributed by atoms with Crippen LogP contribution in [-0.4, -0.2) is 26.2 Å². The van der Waals surface area contributed by atoms with Crippen molar-refractivity contribution in [1.29, 1.82) is 0 Å². The third-order valence-electron chi connectivity index (χ3n) is 5.34. The highest BCUT2D eigenvalue weighted by atomic mass is 16.1. The molecule has 0 aliphatic rings. The second-order valence-electron chi connectivity index (χ2n) is 7.34. The monoisotopic (exact) mass is 407 g/mol. The second-order valence-corrected chi connectivity index (χ2v) is 7.34. The zero-order valence-electron chi connectivity index (χ0n) is 17.2. The van der Waals surface area contributed by atoms with Crippen molar-refractivity contribution < 1.29 is 4.79 Å². The molecule has 5 nitrogen and oxygen atoms in total. The molecule has 0 aliphatic carbocycles. The summed E-state index contributed by atoms with van der Waals surface area (Å²) in [6, 6.07) is 23.7. The Bertz CT molecular complexity index is 1110. The van der Waals surface area contributed by atoms with Crippen LogP contribution in [0.1, 0.15) is 29.9 Å². The Balaban J connectivity index is 1.39. The van der Waals surface area contributed by atoms with Gasteiger partial charge in [-0.1, -0.05) is 55.5 Å². The quantitative estimate of drug-likeness (QED) is 0.406. The minimum atomic E-state index is -0.199. The molecule has 5 heteroatoms. The van der Waals surface area contributed by atoms with Gasteiger partial charge in [0.2, 0.25) is 0 Å². The lowest BCUT2D eigenvalue weighted by Crippen LogP contribution is -2.12. The van der Waals surface area contributed by atoms with E-state index in [1.54, 1.807) is 12.4 Å². The molecule has 0 saturated heterocycles. The average Bonchev–Trinajstić information content (AvgIpc) is 2.85. The molecule has 4 aromatic rings. The van der Waals surface area contributed by atoms with Gasteiger partial charge in [-0.2, -0.15) is 20.4 Å². The Morgan fingerprint density at radius 3 is 1.81 bits per heavy atom. The fourth-order valence-corrected chi connectivity index (χ4v) is 3.59. The first-order valence-electron chi connectivity index (χ1n) is 10.3. The number of nitrogens with zero attached hydrogens (tertiary/aromatic N) is 4. The van der Waals surface area contributed by atoms with Crippen LogP contribution in [0.15, 0.2) is 85.2 Å².